The van der Waals surface area contributed by atoms with E-state index in [1.165, 1.54) is 51.4 Å². The fraction of sp³-hybridized carbons (Fsp3) is 0.608. The Morgan fingerprint density at radius 2 is 0.804 bits per heavy atom. The molecule has 5 nitrogen and oxygen atoms in total. The van der Waals surface area contributed by atoms with E-state index in [9.17, 15) is 9.59 Å². The Morgan fingerprint density at radius 3 is 1.25 bits per heavy atom. The fourth-order valence-electron chi connectivity index (χ4n) is 5.59. The summed E-state index contributed by atoms with van der Waals surface area (Å²) in [6.45, 7) is 7.28. The van der Waals surface area contributed by atoms with Crippen LogP contribution in [0.5, 0.6) is 0 Å². The molecule has 0 fully saturated rings. The Hall–Kier alpha value is -3.44. The quantitative estimate of drug-likeness (QED) is 0.0354. The molecule has 0 aromatic heterocycles. The highest BCUT2D eigenvalue weighted by Crippen LogP contribution is 2.13. The molecule has 0 heterocycles. The van der Waals surface area contributed by atoms with Crippen molar-refractivity contribution in [1.82, 2.24) is 0 Å². The van der Waals surface area contributed by atoms with Gasteiger partial charge >= 0.3 is 11.9 Å². The highest BCUT2D eigenvalue weighted by Gasteiger charge is 2.17. The number of esters is 2. The average Bonchev–Trinajstić information content (AvgIpc) is 3.20. The van der Waals surface area contributed by atoms with E-state index in [0.717, 1.165) is 83.5 Å². The number of ether oxygens (including phenoxy) is 3. The van der Waals surface area contributed by atoms with Gasteiger partial charge in [0.15, 0.2) is 6.10 Å². The first-order chi connectivity index (χ1) is 27.6. The summed E-state index contributed by atoms with van der Waals surface area (Å²) in [5, 5.41) is 0. The van der Waals surface area contributed by atoms with Crippen LogP contribution in [0, 0.1) is 0 Å². The predicted octanol–water partition coefficient (Wildman–Crippen LogP) is 14.9. The summed E-state index contributed by atoms with van der Waals surface area (Å²) in [5.41, 5.74) is 0. The van der Waals surface area contributed by atoms with Gasteiger partial charge in [0.2, 0.25) is 0 Å². The zero-order valence-electron chi connectivity index (χ0n) is 36.1. The van der Waals surface area contributed by atoms with Crippen LogP contribution in [-0.2, 0) is 23.8 Å². The van der Waals surface area contributed by atoms with Gasteiger partial charge in [-0.15, -0.1) is 0 Å². The SMILES string of the molecule is CC/C=C\C/C=C\C/C=C\C/C=C\C/C=C\CCOCC(COC(=O)CC/C=C\C/C=C\C/C=C\C/C=C\CC)OC(=O)CCCCCCCCCCCCC. The van der Waals surface area contributed by atoms with Gasteiger partial charge in [0.05, 0.1) is 13.2 Å². The van der Waals surface area contributed by atoms with Crippen molar-refractivity contribution >= 4 is 11.9 Å². The van der Waals surface area contributed by atoms with Crippen molar-refractivity contribution in [3.8, 4) is 0 Å². The van der Waals surface area contributed by atoms with Gasteiger partial charge in [-0.3, -0.25) is 9.59 Å². The number of carbonyl (C=O) groups excluding carboxylic acids is 2. The van der Waals surface area contributed by atoms with Gasteiger partial charge in [0.25, 0.3) is 0 Å². The lowest BCUT2D eigenvalue weighted by Crippen LogP contribution is -2.30. The van der Waals surface area contributed by atoms with Crippen molar-refractivity contribution in [1.29, 1.82) is 0 Å². The summed E-state index contributed by atoms with van der Waals surface area (Å²) in [4.78, 5) is 25.2. The Morgan fingerprint density at radius 1 is 0.411 bits per heavy atom. The molecule has 0 rings (SSSR count). The molecule has 0 aliphatic rings. The highest BCUT2D eigenvalue weighted by atomic mass is 16.6. The second-order valence-electron chi connectivity index (χ2n) is 14.2. The molecule has 1 unspecified atom stereocenters. The number of hydrogen-bond donors (Lipinski definition) is 0. The first kappa shape index (κ1) is 52.6. The molecular formula is C51H82O5. The average molecular weight is 775 g/mol. The van der Waals surface area contributed by atoms with E-state index >= 15 is 0 Å². The molecular weight excluding hydrogens is 693 g/mol. The van der Waals surface area contributed by atoms with Crippen LogP contribution in [0.3, 0.4) is 0 Å². The van der Waals surface area contributed by atoms with E-state index in [-0.39, 0.29) is 25.2 Å². The molecule has 0 saturated heterocycles. The van der Waals surface area contributed by atoms with Crippen molar-refractivity contribution in [3.63, 3.8) is 0 Å². The Bertz CT molecular complexity index is 1150. The van der Waals surface area contributed by atoms with Crippen LogP contribution in [0.2, 0.25) is 0 Å². The molecule has 0 saturated carbocycles. The van der Waals surface area contributed by atoms with Gasteiger partial charge in [0, 0.05) is 12.8 Å². The first-order valence-corrected chi connectivity index (χ1v) is 22.4. The minimum atomic E-state index is -0.607. The number of carbonyl (C=O) groups is 2. The molecule has 5 heteroatoms. The zero-order valence-corrected chi connectivity index (χ0v) is 36.1. The number of hydrogen-bond acceptors (Lipinski definition) is 5. The summed E-state index contributed by atoms with van der Waals surface area (Å²) in [6, 6.07) is 0. The summed E-state index contributed by atoms with van der Waals surface area (Å²) in [6.07, 6.45) is 62.6. The van der Waals surface area contributed by atoms with Gasteiger partial charge < -0.3 is 14.2 Å². The second-order valence-corrected chi connectivity index (χ2v) is 14.2. The summed E-state index contributed by atoms with van der Waals surface area (Å²) >= 11 is 0. The van der Waals surface area contributed by atoms with Gasteiger partial charge in [-0.2, -0.15) is 0 Å². The summed E-state index contributed by atoms with van der Waals surface area (Å²) in [5.74, 6) is -0.541. The third-order valence-electron chi connectivity index (χ3n) is 8.84. The van der Waals surface area contributed by atoms with Crippen LogP contribution >= 0.6 is 0 Å². The molecule has 0 aliphatic carbocycles. The monoisotopic (exact) mass is 775 g/mol. The molecule has 0 bridgehead atoms. The maximum Gasteiger partial charge on any atom is 0.306 e. The van der Waals surface area contributed by atoms with Crippen molar-refractivity contribution < 1.29 is 23.8 Å². The smallest absolute Gasteiger partial charge is 0.306 e. The third-order valence-corrected chi connectivity index (χ3v) is 8.84. The maximum atomic E-state index is 12.7. The van der Waals surface area contributed by atoms with Gasteiger partial charge in [-0.25, -0.2) is 0 Å². The summed E-state index contributed by atoms with van der Waals surface area (Å²) < 4.78 is 17.1. The van der Waals surface area contributed by atoms with Crippen molar-refractivity contribution in [2.75, 3.05) is 19.8 Å². The maximum absolute atomic E-state index is 12.7. The molecule has 0 N–H and O–H groups in total. The normalized spacial score (nSPS) is 13.3. The van der Waals surface area contributed by atoms with Crippen LogP contribution in [0.1, 0.15) is 175 Å². The van der Waals surface area contributed by atoms with E-state index in [2.05, 4.69) is 124 Å². The lowest BCUT2D eigenvalue weighted by molar-refractivity contribution is -0.162. The minimum Gasteiger partial charge on any atom is -0.462 e. The van der Waals surface area contributed by atoms with Crippen molar-refractivity contribution in [2.24, 2.45) is 0 Å². The topological polar surface area (TPSA) is 61.8 Å². The van der Waals surface area contributed by atoms with E-state index in [1.54, 1.807) is 0 Å². The predicted molar refractivity (Wildman–Crippen MR) is 242 cm³/mol. The van der Waals surface area contributed by atoms with E-state index in [1.807, 2.05) is 6.08 Å². The Labute approximate surface area is 344 Å². The first-order valence-electron chi connectivity index (χ1n) is 22.4. The lowest BCUT2D eigenvalue weighted by Gasteiger charge is -2.18. The number of allylic oxidation sites excluding steroid dienone is 17. The molecule has 0 radical (unpaired) electrons. The summed E-state index contributed by atoms with van der Waals surface area (Å²) in [7, 11) is 0. The van der Waals surface area contributed by atoms with Gasteiger partial charge in [-0.05, 0) is 77.0 Å². The standard InChI is InChI=1S/C51H82O5/c1-4-7-10-13-16-19-22-24-25-26-28-31-34-37-40-43-46-54-47-49(56-51(53)45-42-39-36-33-29-21-18-15-12-9-6-3)48-55-50(52)44-41-38-35-32-30-27-23-20-17-14-11-8-5-2/h7-8,10-11,16-17,19-20,24-25,27-28,30-31,35,37-38,40,49H,4-6,9,12-15,18,21-23,26,29,32-34,36,39,41-48H2,1-3H3/b10-7-,11-8-,19-16-,20-17-,25-24-,30-27-,31-28-,38-35-,40-37-. The second kappa shape index (κ2) is 45.9. The molecule has 0 aromatic rings. The van der Waals surface area contributed by atoms with Gasteiger partial charge in [-0.1, -0.05) is 194 Å². The molecule has 0 amide bonds. The van der Waals surface area contributed by atoms with Crippen LogP contribution < -0.4 is 0 Å². The third kappa shape index (κ3) is 43.3. The van der Waals surface area contributed by atoms with E-state index in [0.29, 0.717) is 25.9 Å². The molecule has 316 valence electrons. The molecule has 0 aliphatic heterocycles. The molecule has 1 atom stereocenters. The Kier molecular flexibility index (Phi) is 43.1. The van der Waals surface area contributed by atoms with Crippen LogP contribution in [0.25, 0.3) is 0 Å². The Balaban J connectivity index is 4.49. The zero-order chi connectivity index (χ0) is 40.7. The van der Waals surface area contributed by atoms with E-state index < -0.39 is 6.10 Å². The molecule has 0 aromatic carbocycles. The van der Waals surface area contributed by atoms with Crippen molar-refractivity contribution in [3.05, 3.63) is 109 Å². The number of rotatable bonds is 39. The van der Waals surface area contributed by atoms with Gasteiger partial charge in [0.1, 0.15) is 6.61 Å². The molecule has 56 heavy (non-hydrogen) atoms. The number of unbranched alkanes of at least 4 members (excludes halogenated alkanes) is 10. The fourth-order valence-corrected chi connectivity index (χ4v) is 5.59. The van der Waals surface area contributed by atoms with Crippen LogP contribution in [0.15, 0.2) is 109 Å². The molecule has 0 spiro atoms. The highest BCUT2D eigenvalue weighted by molar-refractivity contribution is 5.70. The van der Waals surface area contributed by atoms with Crippen LogP contribution in [-0.4, -0.2) is 37.9 Å². The lowest BCUT2D eigenvalue weighted by atomic mass is 10.1. The van der Waals surface area contributed by atoms with Crippen molar-refractivity contribution in [2.45, 2.75) is 181 Å². The largest absolute Gasteiger partial charge is 0.462 e. The van der Waals surface area contributed by atoms with Crippen LogP contribution in [0.4, 0.5) is 0 Å². The minimum absolute atomic E-state index is 0.0126. The van der Waals surface area contributed by atoms with E-state index in [4.69, 9.17) is 14.2 Å².